The second-order valence-electron chi connectivity index (χ2n) is 6.88. The van der Waals surface area contributed by atoms with E-state index in [0.29, 0.717) is 24.0 Å². The summed E-state index contributed by atoms with van der Waals surface area (Å²) in [6, 6.07) is 13.5. The van der Waals surface area contributed by atoms with Gasteiger partial charge in [-0.2, -0.15) is 10.1 Å². The Bertz CT molecular complexity index is 1110. The van der Waals surface area contributed by atoms with E-state index in [-0.39, 0.29) is 11.6 Å². The number of carbonyl (C=O) groups excluding carboxylic acids is 1. The third-order valence-corrected chi connectivity index (χ3v) is 5.56. The minimum Gasteiger partial charge on any atom is -0.493 e. The van der Waals surface area contributed by atoms with Crippen molar-refractivity contribution in [3.8, 4) is 22.1 Å². The van der Waals surface area contributed by atoms with Crippen molar-refractivity contribution in [2.45, 2.75) is 25.7 Å². The topological polar surface area (TPSA) is 95.1 Å². The highest BCUT2D eigenvalue weighted by Crippen LogP contribution is 2.22. The highest BCUT2D eigenvalue weighted by Gasteiger charge is 2.18. The number of thiophene rings is 1. The van der Waals surface area contributed by atoms with Crippen LogP contribution in [0.5, 0.6) is 5.75 Å². The average molecular weight is 438 g/mol. The van der Waals surface area contributed by atoms with E-state index in [1.54, 1.807) is 22.2 Å². The molecule has 0 aliphatic rings. The van der Waals surface area contributed by atoms with E-state index in [0.717, 1.165) is 36.2 Å². The van der Waals surface area contributed by atoms with Crippen molar-refractivity contribution in [1.82, 2.24) is 25.2 Å². The maximum Gasteiger partial charge on any atom is 0.275 e. The van der Waals surface area contributed by atoms with Gasteiger partial charge in [0.15, 0.2) is 11.4 Å². The lowest BCUT2D eigenvalue weighted by atomic mass is 10.2. The molecule has 1 amide bonds. The Morgan fingerprint density at radius 1 is 1.16 bits per heavy atom. The molecule has 160 valence electrons. The van der Waals surface area contributed by atoms with Crippen LogP contribution in [0, 0.1) is 0 Å². The summed E-state index contributed by atoms with van der Waals surface area (Å²) in [6.45, 7) is 0.560. The van der Waals surface area contributed by atoms with Crippen molar-refractivity contribution in [1.29, 1.82) is 0 Å². The van der Waals surface area contributed by atoms with Crippen molar-refractivity contribution in [3.63, 3.8) is 0 Å². The average Bonchev–Trinajstić information content (AvgIpc) is 3.56. The van der Waals surface area contributed by atoms with E-state index in [9.17, 15) is 4.79 Å². The highest BCUT2D eigenvalue weighted by atomic mass is 32.1. The zero-order valence-electron chi connectivity index (χ0n) is 17.2. The number of para-hydroxylation sites is 1. The van der Waals surface area contributed by atoms with Gasteiger partial charge >= 0.3 is 0 Å². The number of nitrogens with zero attached hydrogens (tertiary/aromatic N) is 4. The Morgan fingerprint density at radius 3 is 2.81 bits per heavy atom. The first-order valence-corrected chi connectivity index (χ1v) is 11.0. The van der Waals surface area contributed by atoms with Crippen LogP contribution >= 0.6 is 11.3 Å². The van der Waals surface area contributed by atoms with Gasteiger partial charge in [0.1, 0.15) is 0 Å². The van der Waals surface area contributed by atoms with Crippen LogP contribution in [-0.4, -0.2) is 39.5 Å². The molecular formula is C22H23N5O3S. The number of carbonyl (C=O) groups is 1. The third kappa shape index (κ3) is 5.18. The molecule has 1 N–H and O–H groups in total. The molecule has 0 aliphatic carbocycles. The number of aryl methyl sites for hydroxylation is 1. The maximum atomic E-state index is 12.5. The summed E-state index contributed by atoms with van der Waals surface area (Å²) < 4.78 is 12.3. The molecule has 9 heteroatoms. The lowest BCUT2D eigenvalue weighted by Gasteiger charge is -2.04. The second kappa shape index (κ2) is 10.0. The van der Waals surface area contributed by atoms with Gasteiger partial charge in [-0.25, -0.2) is 4.68 Å². The van der Waals surface area contributed by atoms with Crippen LogP contribution in [0.2, 0.25) is 0 Å². The fourth-order valence-corrected chi connectivity index (χ4v) is 3.75. The minimum atomic E-state index is -0.246. The molecule has 4 aromatic rings. The molecule has 0 spiro atoms. The SMILES string of the molecule is COc1cn(-c2ccccc2)nc1C(=O)NCCCCCc1nc(-c2cccs2)no1. The molecule has 0 unspecified atom stereocenters. The summed E-state index contributed by atoms with van der Waals surface area (Å²) in [6.07, 6.45) is 5.13. The number of nitrogens with one attached hydrogen (secondary N) is 1. The number of rotatable bonds is 10. The molecule has 0 atom stereocenters. The van der Waals surface area contributed by atoms with Gasteiger partial charge in [0.05, 0.1) is 23.9 Å². The van der Waals surface area contributed by atoms with Crippen LogP contribution < -0.4 is 10.1 Å². The van der Waals surface area contributed by atoms with Gasteiger partial charge in [0.2, 0.25) is 11.7 Å². The fraction of sp³-hybridized carbons (Fsp3) is 0.273. The normalized spacial score (nSPS) is 10.9. The van der Waals surface area contributed by atoms with Gasteiger partial charge in [-0.1, -0.05) is 35.8 Å². The number of methoxy groups -OCH3 is 1. The number of amides is 1. The Hall–Kier alpha value is -3.46. The molecule has 3 heterocycles. The van der Waals surface area contributed by atoms with Gasteiger partial charge in [-0.15, -0.1) is 11.3 Å². The first kappa shape index (κ1) is 20.8. The van der Waals surface area contributed by atoms with Gasteiger partial charge in [-0.3, -0.25) is 4.79 Å². The Labute approximate surface area is 183 Å². The zero-order chi connectivity index (χ0) is 21.5. The quantitative estimate of drug-likeness (QED) is 0.375. The fourth-order valence-electron chi connectivity index (χ4n) is 3.10. The lowest BCUT2D eigenvalue weighted by molar-refractivity contribution is 0.0944. The van der Waals surface area contributed by atoms with Crippen molar-refractivity contribution in [2.75, 3.05) is 13.7 Å². The van der Waals surface area contributed by atoms with E-state index in [2.05, 4.69) is 20.6 Å². The predicted molar refractivity (Wildman–Crippen MR) is 118 cm³/mol. The summed E-state index contributed by atoms with van der Waals surface area (Å²) in [4.78, 5) is 18.0. The number of hydrogen-bond donors (Lipinski definition) is 1. The number of aromatic nitrogens is 4. The summed E-state index contributed by atoms with van der Waals surface area (Å²) in [7, 11) is 1.53. The molecule has 3 aromatic heterocycles. The second-order valence-corrected chi connectivity index (χ2v) is 7.83. The first-order valence-electron chi connectivity index (χ1n) is 10.1. The van der Waals surface area contributed by atoms with Gasteiger partial charge in [-0.05, 0) is 36.4 Å². The van der Waals surface area contributed by atoms with E-state index in [1.165, 1.54) is 7.11 Å². The standard InChI is InChI=1S/C22H23N5O3S/c1-29-17-15-27(16-9-4-2-5-10-16)25-20(17)22(28)23-13-7-3-6-12-19-24-21(26-30-19)18-11-8-14-31-18/h2,4-5,8-11,14-15H,3,6-7,12-13H2,1H3,(H,23,28). The minimum absolute atomic E-state index is 0.246. The van der Waals surface area contributed by atoms with Crippen LogP contribution in [0.3, 0.4) is 0 Å². The molecule has 4 rings (SSSR count). The predicted octanol–water partition coefficient (Wildman–Crippen LogP) is 4.14. The smallest absolute Gasteiger partial charge is 0.275 e. The van der Waals surface area contributed by atoms with Gasteiger partial charge in [0, 0.05) is 13.0 Å². The summed E-state index contributed by atoms with van der Waals surface area (Å²) in [5.41, 5.74) is 1.14. The molecule has 0 bridgehead atoms. The molecule has 0 radical (unpaired) electrons. The zero-order valence-corrected chi connectivity index (χ0v) is 18.0. The molecule has 0 saturated carbocycles. The molecule has 1 aromatic carbocycles. The van der Waals surface area contributed by atoms with E-state index in [1.807, 2.05) is 47.8 Å². The van der Waals surface area contributed by atoms with E-state index in [4.69, 9.17) is 9.26 Å². The number of unbranched alkanes of at least 4 members (excludes halogenated alkanes) is 2. The van der Waals surface area contributed by atoms with E-state index < -0.39 is 0 Å². The highest BCUT2D eigenvalue weighted by molar-refractivity contribution is 7.13. The Balaban J connectivity index is 1.21. The maximum absolute atomic E-state index is 12.5. The van der Waals surface area contributed by atoms with Crippen LogP contribution in [0.4, 0.5) is 0 Å². The first-order chi connectivity index (χ1) is 15.2. The van der Waals surface area contributed by atoms with Crippen molar-refractivity contribution in [3.05, 3.63) is 65.6 Å². The van der Waals surface area contributed by atoms with Crippen LogP contribution in [-0.2, 0) is 6.42 Å². The Kier molecular flexibility index (Phi) is 6.73. The van der Waals surface area contributed by atoms with Crippen LogP contribution in [0.25, 0.3) is 16.4 Å². The number of benzene rings is 1. The van der Waals surface area contributed by atoms with Crippen molar-refractivity contribution in [2.24, 2.45) is 0 Å². The number of ether oxygens (including phenoxy) is 1. The van der Waals surface area contributed by atoms with Gasteiger partial charge in [0.25, 0.3) is 5.91 Å². The summed E-state index contributed by atoms with van der Waals surface area (Å²) in [5.74, 6) is 1.48. The number of hydrogen-bond acceptors (Lipinski definition) is 7. The Morgan fingerprint density at radius 2 is 2.03 bits per heavy atom. The van der Waals surface area contributed by atoms with Crippen molar-refractivity contribution < 1.29 is 14.1 Å². The van der Waals surface area contributed by atoms with Crippen LogP contribution in [0.15, 0.2) is 58.6 Å². The van der Waals surface area contributed by atoms with E-state index >= 15 is 0 Å². The molecule has 0 fully saturated rings. The van der Waals surface area contributed by atoms with Gasteiger partial charge < -0.3 is 14.6 Å². The van der Waals surface area contributed by atoms with Crippen LogP contribution in [0.1, 0.15) is 35.6 Å². The monoisotopic (exact) mass is 437 g/mol. The summed E-state index contributed by atoms with van der Waals surface area (Å²) in [5, 5.41) is 13.3. The summed E-state index contributed by atoms with van der Waals surface area (Å²) >= 11 is 1.59. The third-order valence-electron chi connectivity index (χ3n) is 4.70. The lowest BCUT2D eigenvalue weighted by Crippen LogP contribution is -2.25. The largest absolute Gasteiger partial charge is 0.493 e. The van der Waals surface area contributed by atoms with Crippen molar-refractivity contribution >= 4 is 17.2 Å². The molecule has 0 saturated heterocycles. The molecule has 0 aliphatic heterocycles. The molecular weight excluding hydrogens is 414 g/mol. The molecule has 8 nitrogen and oxygen atoms in total. The molecule has 31 heavy (non-hydrogen) atoms.